The number of H-pyrrole nitrogens is 1. The first-order chi connectivity index (χ1) is 15.0. The summed E-state index contributed by atoms with van der Waals surface area (Å²) in [6, 6.07) is 9.81. The number of aryl methyl sites for hydroxylation is 1. The Bertz CT molecular complexity index is 1020. The maximum Gasteiger partial charge on any atom is 0.292 e. The number of carbonyl (C=O) groups excluding carboxylic acids is 1. The first kappa shape index (κ1) is 21.0. The van der Waals surface area contributed by atoms with Crippen LogP contribution in [0.15, 0.2) is 42.7 Å². The van der Waals surface area contributed by atoms with Crippen LogP contribution < -0.4 is 5.32 Å². The van der Waals surface area contributed by atoms with Gasteiger partial charge in [0.05, 0.1) is 24.9 Å². The molecule has 3 heterocycles. The molecule has 8 heteroatoms. The van der Waals surface area contributed by atoms with Gasteiger partial charge in [0.1, 0.15) is 5.82 Å². The van der Waals surface area contributed by atoms with E-state index in [1.807, 2.05) is 62.2 Å². The third-order valence-corrected chi connectivity index (χ3v) is 5.66. The Morgan fingerprint density at radius 1 is 1.26 bits per heavy atom. The Kier molecular flexibility index (Phi) is 6.27. The van der Waals surface area contributed by atoms with Crippen molar-refractivity contribution in [3.63, 3.8) is 0 Å². The fourth-order valence-electron chi connectivity index (χ4n) is 3.74. The number of anilines is 1. The van der Waals surface area contributed by atoms with Gasteiger partial charge >= 0.3 is 0 Å². The van der Waals surface area contributed by atoms with Gasteiger partial charge in [0.2, 0.25) is 5.82 Å². The molecule has 0 radical (unpaired) electrons. The fraction of sp³-hybridized carbons (Fsp3) is 0.391. The molecule has 2 atom stereocenters. The Balaban J connectivity index is 1.56. The monoisotopic (exact) mass is 420 g/mol. The molecule has 1 aliphatic heterocycles. The molecule has 2 aromatic heterocycles. The zero-order valence-corrected chi connectivity index (χ0v) is 18.1. The minimum absolute atomic E-state index is 0.0389. The van der Waals surface area contributed by atoms with Crippen molar-refractivity contribution in [3.05, 3.63) is 70.9 Å². The lowest BCUT2D eigenvalue weighted by molar-refractivity contribution is -0.0451. The maximum atomic E-state index is 13.5. The number of hydrogen-bond donors (Lipinski definition) is 2. The maximum absolute atomic E-state index is 13.5. The molecule has 3 aromatic rings. The Hall–Kier alpha value is -3.26. The highest BCUT2D eigenvalue weighted by atomic mass is 16.5. The molecule has 162 valence electrons. The topological polar surface area (TPSA) is 96.0 Å². The molecule has 2 N–H and O–H groups in total. The van der Waals surface area contributed by atoms with Gasteiger partial charge in [-0.3, -0.25) is 9.89 Å². The number of rotatable bonds is 6. The largest absolute Gasteiger partial charge is 0.374 e. The van der Waals surface area contributed by atoms with E-state index < -0.39 is 0 Å². The van der Waals surface area contributed by atoms with E-state index in [1.54, 1.807) is 6.20 Å². The van der Waals surface area contributed by atoms with Gasteiger partial charge in [0.25, 0.3) is 5.91 Å². The molecule has 1 amide bonds. The molecule has 8 nitrogen and oxygen atoms in total. The smallest absolute Gasteiger partial charge is 0.292 e. The van der Waals surface area contributed by atoms with Gasteiger partial charge in [0, 0.05) is 30.5 Å². The van der Waals surface area contributed by atoms with E-state index in [2.05, 4.69) is 25.5 Å². The fourth-order valence-corrected chi connectivity index (χ4v) is 3.74. The van der Waals surface area contributed by atoms with Crippen LogP contribution in [0.4, 0.5) is 5.82 Å². The van der Waals surface area contributed by atoms with Gasteiger partial charge in [-0.2, -0.15) is 5.10 Å². The third kappa shape index (κ3) is 4.74. The van der Waals surface area contributed by atoms with Crippen molar-refractivity contribution >= 4 is 11.7 Å². The summed E-state index contributed by atoms with van der Waals surface area (Å²) in [5.41, 5.74) is 3.89. The Morgan fingerprint density at radius 2 is 2.06 bits per heavy atom. The number of carbonyl (C=O) groups is 1. The summed E-state index contributed by atoms with van der Waals surface area (Å²) in [5, 5.41) is 10.1. The SMILES string of the molecule is Cc1nc(C(=O)N2CC(C)OCC2c2ccccc2)nc(NCCc2cn[nH]c2)c1C. The van der Waals surface area contributed by atoms with Crippen molar-refractivity contribution in [1.29, 1.82) is 0 Å². The lowest BCUT2D eigenvalue weighted by Gasteiger charge is -2.38. The van der Waals surface area contributed by atoms with Crippen LogP contribution in [-0.4, -0.2) is 56.8 Å². The highest BCUT2D eigenvalue weighted by molar-refractivity contribution is 5.91. The van der Waals surface area contributed by atoms with Crippen molar-refractivity contribution in [2.45, 2.75) is 39.3 Å². The molecule has 0 aliphatic carbocycles. The lowest BCUT2D eigenvalue weighted by Crippen LogP contribution is -2.47. The van der Waals surface area contributed by atoms with Gasteiger partial charge < -0.3 is 15.0 Å². The van der Waals surface area contributed by atoms with E-state index >= 15 is 0 Å². The second-order valence-electron chi connectivity index (χ2n) is 7.92. The summed E-state index contributed by atoms with van der Waals surface area (Å²) in [6.07, 6.45) is 4.44. The predicted octanol–water partition coefficient (Wildman–Crippen LogP) is 3.07. The second kappa shape index (κ2) is 9.26. The van der Waals surface area contributed by atoms with Crippen molar-refractivity contribution < 1.29 is 9.53 Å². The van der Waals surface area contributed by atoms with Gasteiger partial charge in [-0.05, 0) is 38.3 Å². The normalized spacial score (nSPS) is 18.7. The predicted molar refractivity (Wildman–Crippen MR) is 118 cm³/mol. The average Bonchev–Trinajstić information content (AvgIpc) is 3.30. The van der Waals surface area contributed by atoms with Crippen LogP contribution >= 0.6 is 0 Å². The minimum Gasteiger partial charge on any atom is -0.374 e. The number of nitrogens with one attached hydrogen (secondary N) is 2. The van der Waals surface area contributed by atoms with Crippen molar-refractivity contribution in [2.24, 2.45) is 0 Å². The van der Waals surface area contributed by atoms with Gasteiger partial charge in [0.15, 0.2) is 0 Å². The van der Waals surface area contributed by atoms with E-state index in [1.165, 1.54) is 0 Å². The van der Waals surface area contributed by atoms with Crippen molar-refractivity contribution in [1.82, 2.24) is 25.1 Å². The number of amides is 1. The first-order valence-electron chi connectivity index (χ1n) is 10.6. The number of benzene rings is 1. The van der Waals surface area contributed by atoms with Crippen LogP contribution in [0.25, 0.3) is 0 Å². The van der Waals surface area contributed by atoms with Crippen LogP contribution in [0, 0.1) is 13.8 Å². The quantitative estimate of drug-likeness (QED) is 0.636. The Labute approximate surface area is 182 Å². The molecule has 0 spiro atoms. The summed E-state index contributed by atoms with van der Waals surface area (Å²) in [7, 11) is 0. The summed E-state index contributed by atoms with van der Waals surface area (Å²) < 4.78 is 5.86. The van der Waals surface area contributed by atoms with E-state index in [0.29, 0.717) is 25.5 Å². The van der Waals surface area contributed by atoms with Crippen LogP contribution in [0.1, 0.15) is 46.0 Å². The van der Waals surface area contributed by atoms with Gasteiger partial charge in [-0.1, -0.05) is 30.3 Å². The summed E-state index contributed by atoms with van der Waals surface area (Å²) in [4.78, 5) is 24.5. The van der Waals surface area contributed by atoms with E-state index in [-0.39, 0.29) is 23.9 Å². The molecule has 1 aliphatic rings. The molecule has 1 aromatic carbocycles. The number of nitrogens with zero attached hydrogens (tertiary/aromatic N) is 4. The standard InChI is InChI=1S/C23H28N6O2/c1-15-13-29(20(14-31-15)19-7-5-4-6-8-19)23(30)22-27-17(3)16(2)21(28-22)24-10-9-18-11-25-26-12-18/h4-8,11-12,15,20H,9-10,13-14H2,1-3H3,(H,25,26)(H,24,27,28). The number of aromatic nitrogens is 4. The number of morpholine rings is 1. The molecular weight excluding hydrogens is 392 g/mol. The van der Waals surface area contributed by atoms with Gasteiger partial charge in [-0.15, -0.1) is 0 Å². The molecule has 2 unspecified atom stereocenters. The van der Waals surface area contributed by atoms with Crippen LogP contribution in [-0.2, 0) is 11.2 Å². The molecule has 1 fully saturated rings. The molecule has 4 rings (SSSR count). The van der Waals surface area contributed by atoms with Gasteiger partial charge in [-0.25, -0.2) is 9.97 Å². The second-order valence-corrected chi connectivity index (χ2v) is 7.92. The zero-order valence-electron chi connectivity index (χ0n) is 18.1. The first-order valence-corrected chi connectivity index (χ1v) is 10.6. The highest BCUT2D eigenvalue weighted by Crippen LogP contribution is 2.28. The number of hydrogen-bond acceptors (Lipinski definition) is 6. The van der Waals surface area contributed by atoms with Crippen LogP contribution in [0.2, 0.25) is 0 Å². The molecule has 0 bridgehead atoms. The van der Waals surface area contributed by atoms with Crippen LogP contribution in [0.5, 0.6) is 0 Å². The molecule has 0 saturated carbocycles. The van der Waals surface area contributed by atoms with Crippen LogP contribution in [0.3, 0.4) is 0 Å². The third-order valence-electron chi connectivity index (χ3n) is 5.66. The summed E-state index contributed by atoms with van der Waals surface area (Å²) in [6.45, 7) is 7.49. The van der Waals surface area contributed by atoms with E-state index in [0.717, 1.165) is 28.8 Å². The molecular formula is C23H28N6O2. The zero-order chi connectivity index (χ0) is 21.8. The lowest BCUT2D eigenvalue weighted by atomic mass is 10.0. The molecule has 31 heavy (non-hydrogen) atoms. The average molecular weight is 421 g/mol. The summed E-state index contributed by atoms with van der Waals surface area (Å²) >= 11 is 0. The van der Waals surface area contributed by atoms with Crippen molar-refractivity contribution in [2.75, 3.05) is 25.0 Å². The summed E-state index contributed by atoms with van der Waals surface area (Å²) in [5.74, 6) is 0.728. The Morgan fingerprint density at radius 3 is 2.81 bits per heavy atom. The molecule has 1 saturated heterocycles. The van der Waals surface area contributed by atoms with E-state index in [4.69, 9.17) is 4.74 Å². The highest BCUT2D eigenvalue weighted by Gasteiger charge is 2.33. The number of ether oxygens (including phenoxy) is 1. The number of aromatic amines is 1. The minimum atomic E-state index is -0.176. The van der Waals surface area contributed by atoms with E-state index in [9.17, 15) is 4.79 Å². The van der Waals surface area contributed by atoms with Crippen molar-refractivity contribution in [3.8, 4) is 0 Å².